The van der Waals surface area contributed by atoms with Crippen LogP contribution in [0, 0.1) is 35.5 Å². The average Bonchev–Trinajstić information content (AvgIpc) is 3.35. The Hall–Kier alpha value is -5.91. The number of aliphatic hydroxyl groups is 1. The van der Waals surface area contributed by atoms with Gasteiger partial charge in [0, 0.05) is 60.0 Å². The summed E-state index contributed by atoms with van der Waals surface area (Å²) in [4.78, 5) is 151. The van der Waals surface area contributed by atoms with Crippen LogP contribution in [0.1, 0.15) is 148 Å². The molecular formula is C54H99N11O13. The second-order valence-electron chi connectivity index (χ2n) is 22.0. The van der Waals surface area contributed by atoms with Gasteiger partial charge in [-0.3, -0.25) is 47.9 Å². The van der Waals surface area contributed by atoms with Gasteiger partial charge < -0.3 is 67.9 Å². The van der Waals surface area contributed by atoms with Gasteiger partial charge in [0.2, 0.25) is 59.1 Å². The third kappa shape index (κ3) is 23.6. The Balaban J connectivity index is 5.91. The van der Waals surface area contributed by atoms with Crippen molar-refractivity contribution in [2.24, 2.45) is 41.2 Å². The van der Waals surface area contributed by atoms with Crippen molar-refractivity contribution < 1.29 is 63.0 Å². The van der Waals surface area contributed by atoms with E-state index in [1.165, 1.54) is 44.8 Å². The summed E-state index contributed by atoms with van der Waals surface area (Å²) in [7, 11) is 4.25. The number of aliphatic carboxylic acids is 1. The summed E-state index contributed by atoms with van der Waals surface area (Å²) in [5.74, 6) is -8.85. The molecule has 0 saturated heterocycles. The van der Waals surface area contributed by atoms with Crippen LogP contribution in [0.4, 0.5) is 0 Å². The van der Waals surface area contributed by atoms with Crippen LogP contribution in [0.5, 0.6) is 0 Å². The number of carbonyl (C=O) groups excluding carboxylic acids is 10. The minimum Gasteiger partial charge on any atom is -0.480 e. The van der Waals surface area contributed by atoms with E-state index in [2.05, 4.69) is 37.2 Å². The van der Waals surface area contributed by atoms with Crippen molar-refractivity contribution in [3.05, 3.63) is 0 Å². The lowest BCUT2D eigenvalue weighted by Gasteiger charge is -2.35. The molecule has 448 valence electrons. The quantitative estimate of drug-likeness (QED) is 0.0412. The van der Waals surface area contributed by atoms with Crippen molar-refractivity contribution in [3.8, 4) is 0 Å². The normalized spacial score (nSPS) is 16.0. The Kier molecular flexibility index (Phi) is 32.9. The number of nitrogens with zero attached hydrogens (tertiary/aromatic N) is 3. The van der Waals surface area contributed by atoms with Gasteiger partial charge in [0.1, 0.15) is 48.3 Å². The molecule has 0 aromatic rings. The topological polar surface area (TPSA) is 348 Å². The summed E-state index contributed by atoms with van der Waals surface area (Å²) >= 11 is 0. The first-order valence-electron chi connectivity index (χ1n) is 27.7. The number of aliphatic hydroxyl groups excluding tert-OH is 1. The molecule has 0 unspecified atom stereocenters. The summed E-state index contributed by atoms with van der Waals surface area (Å²) in [6.45, 7) is 24.1. The Labute approximate surface area is 463 Å². The first-order chi connectivity index (χ1) is 36.2. The molecule has 78 heavy (non-hydrogen) atoms. The Morgan fingerprint density at radius 3 is 1.37 bits per heavy atom. The van der Waals surface area contributed by atoms with E-state index in [0.717, 1.165) is 4.90 Å². The SMILES string of the molecule is CC[C@H](C)[C@@H](C(=O)N[C@H](CC(C)C)C(=O)O)N(C)C(=O)CCNC(=O)[C@H](NC(=O)[C@H](C(C)C)N(C)C(=O)[C@H](C)NC(=O)CCNC(=O)[C@@H](CC(C)C)NC(=O)[C@@H]([C@@H](C)CC)N(C)C(=O)[C@@H](NC(=O)CCN)[C@@H](C)O)[C@@H](C)CC. The summed E-state index contributed by atoms with van der Waals surface area (Å²) in [5.41, 5.74) is 5.48. The molecule has 0 saturated carbocycles. The van der Waals surface area contributed by atoms with Crippen LogP contribution in [0.3, 0.4) is 0 Å². The highest BCUT2D eigenvalue weighted by atomic mass is 16.4. The van der Waals surface area contributed by atoms with E-state index >= 15 is 0 Å². The molecule has 12 atom stereocenters. The number of rotatable bonds is 36. The van der Waals surface area contributed by atoms with E-state index < -0.39 is 131 Å². The number of hydrogen-bond acceptors (Lipinski definition) is 13. The second-order valence-corrected chi connectivity index (χ2v) is 22.0. The molecule has 0 radical (unpaired) electrons. The molecule has 0 aliphatic carbocycles. The monoisotopic (exact) mass is 1110 g/mol. The molecule has 0 aliphatic rings. The summed E-state index contributed by atoms with van der Waals surface area (Å²) < 4.78 is 0. The molecule has 0 fully saturated rings. The lowest BCUT2D eigenvalue weighted by atomic mass is 9.94. The summed E-state index contributed by atoms with van der Waals surface area (Å²) in [5, 5.41) is 38.7. The predicted octanol–water partition coefficient (Wildman–Crippen LogP) is 0.625. The fourth-order valence-electron chi connectivity index (χ4n) is 8.95. The van der Waals surface area contributed by atoms with E-state index in [9.17, 15) is 63.0 Å². The van der Waals surface area contributed by atoms with Gasteiger partial charge in [-0.25, -0.2) is 4.79 Å². The lowest BCUT2D eigenvalue weighted by molar-refractivity contribution is -0.146. The standard InChI is InChI=1S/C54H99N11O13/c1-18-32(10)42(48(71)57-26-23-41(69)63(15)45(33(11)19-2)50(73)60-38(54(77)78)28-30(6)7)62-49(72)44(31(8)9)64(16)52(75)35(13)58-40(68)22-25-56-47(70)37(27-29(4)5)59-51(74)46(34(12)20-3)65(17)53(76)43(36(14)66)61-39(67)21-24-55/h29-38,42-46,66H,18-28,55H2,1-17H3,(H,56,70)(H,57,71)(H,58,68)(H,59,74)(H,60,73)(H,61,67)(H,62,72)(H,77,78)/t32-,33-,34-,35-,36+,37+,38+,42+,43-,44-,45-,46+/m0/s1. The lowest BCUT2D eigenvalue weighted by Crippen LogP contribution is -2.60. The highest BCUT2D eigenvalue weighted by Crippen LogP contribution is 2.20. The Morgan fingerprint density at radius 1 is 0.474 bits per heavy atom. The highest BCUT2D eigenvalue weighted by molar-refractivity contribution is 5.96. The van der Waals surface area contributed by atoms with Gasteiger partial charge in [0.15, 0.2) is 0 Å². The second kappa shape index (κ2) is 35.6. The molecule has 0 heterocycles. The molecule has 0 aromatic heterocycles. The number of amides is 10. The molecule has 0 aliphatic heterocycles. The van der Waals surface area contributed by atoms with Crippen molar-refractivity contribution in [1.29, 1.82) is 0 Å². The summed E-state index contributed by atoms with van der Waals surface area (Å²) in [6, 6.07) is -8.94. The van der Waals surface area contributed by atoms with Crippen molar-refractivity contribution in [2.75, 3.05) is 40.8 Å². The molecule has 0 spiro atoms. The summed E-state index contributed by atoms with van der Waals surface area (Å²) in [6.07, 6.45) is 0.00755. The largest absolute Gasteiger partial charge is 0.480 e. The smallest absolute Gasteiger partial charge is 0.326 e. The van der Waals surface area contributed by atoms with E-state index in [4.69, 9.17) is 5.73 Å². The maximum atomic E-state index is 14.0. The Morgan fingerprint density at radius 2 is 0.910 bits per heavy atom. The van der Waals surface area contributed by atoms with Gasteiger partial charge in [-0.2, -0.15) is 0 Å². The number of nitrogens with two attached hydrogens (primary N) is 1. The zero-order chi connectivity index (χ0) is 60.5. The Bertz CT molecular complexity index is 2000. The van der Waals surface area contributed by atoms with Crippen LogP contribution in [0.25, 0.3) is 0 Å². The van der Waals surface area contributed by atoms with Crippen LogP contribution in [-0.2, 0) is 52.7 Å². The molecule has 11 N–H and O–H groups in total. The fourth-order valence-corrected chi connectivity index (χ4v) is 8.95. The molecule has 0 rings (SSSR count). The zero-order valence-electron chi connectivity index (χ0n) is 49.7. The van der Waals surface area contributed by atoms with Gasteiger partial charge in [0.05, 0.1) is 6.10 Å². The predicted molar refractivity (Wildman–Crippen MR) is 295 cm³/mol. The molecule has 0 bridgehead atoms. The van der Waals surface area contributed by atoms with Crippen LogP contribution in [0.2, 0.25) is 0 Å². The third-order valence-electron chi connectivity index (χ3n) is 14.1. The average molecular weight is 1110 g/mol. The van der Waals surface area contributed by atoms with Crippen molar-refractivity contribution in [1.82, 2.24) is 51.9 Å². The fraction of sp³-hybridized carbons (Fsp3) is 0.796. The van der Waals surface area contributed by atoms with Crippen molar-refractivity contribution in [3.63, 3.8) is 0 Å². The van der Waals surface area contributed by atoms with E-state index in [1.54, 1.807) is 34.6 Å². The van der Waals surface area contributed by atoms with E-state index in [0.29, 0.717) is 19.3 Å². The number of nitrogens with one attached hydrogen (secondary N) is 7. The van der Waals surface area contributed by atoms with Gasteiger partial charge >= 0.3 is 5.97 Å². The van der Waals surface area contributed by atoms with Gasteiger partial charge in [-0.05, 0) is 62.2 Å². The van der Waals surface area contributed by atoms with Crippen molar-refractivity contribution in [2.45, 2.75) is 203 Å². The number of carboxylic acids is 1. The minimum absolute atomic E-state index is 0.0111. The van der Waals surface area contributed by atoms with Crippen LogP contribution in [-0.4, -0.2) is 185 Å². The third-order valence-corrected chi connectivity index (χ3v) is 14.1. The van der Waals surface area contributed by atoms with Crippen LogP contribution >= 0.6 is 0 Å². The highest BCUT2D eigenvalue weighted by Gasteiger charge is 2.40. The van der Waals surface area contributed by atoms with Crippen molar-refractivity contribution >= 4 is 65.0 Å². The van der Waals surface area contributed by atoms with Gasteiger partial charge in [-0.1, -0.05) is 102 Å². The van der Waals surface area contributed by atoms with E-state index in [-0.39, 0.29) is 75.4 Å². The van der Waals surface area contributed by atoms with E-state index in [1.807, 2.05) is 48.5 Å². The van der Waals surface area contributed by atoms with Crippen LogP contribution < -0.4 is 43.0 Å². The number of hydrogen-bond donors (Lipinski definition) is 10. The zero-order valence-corrected chi connectivity index (χ0v) is 49.7. The molecule has 24 nitrogen and oxygen atoms in total. The number of carbonyl (C=O) groups is 11. The maximum Gasteiger partial charge on any atom is 0.326 e. The first kappa shape index (κ1) is 72.1. The maximum absolute atomic E-state index is 14.0. The van der Waals surface area contributed by atoms with Crippen LogP contribution in [0.15, 0.2) is 0 Å². The first-order valence-corrected chi connectivity index (χ1v) is 27.7. The van der Waals surface area contributed by atoms with Gasteiger partial charge in [0.25, 0.3) is 0 Å². The molecular weight excluding hydrogens is 1010 g/mol. The number of carboxylic acid groups (broad SMARTS) is 1. The molecule has 10 amide bonds. The molecule has 24 heteroatoms. The number of likely N-dealkylation sites (N-methyl/N-ethyl adjacent to an activating group) is 3. The van der Waals surface area contributed by atoms with Gasteiger partial charge in [-0.15, -0.1) is 0 Å². The molecule has 0 aromatic carbocycles. The minimum atomic E-state index is -1.36.